The first kappa shape index (κ1) is 16.0. The number of nitrogens with zero attached hydrogens (tertiary/aromatic N) is 2. The molecule has 3 unspecified atom stereocenters. The number of carbonyl (C=O) groups excluding carboxylic acids is 1. The van der Waals surface area contributed by atoms with Gasteiger partial charge in [0.1, 0.15) is 0 Å². The number of hydrogen-bond acceptors (Lipinski definition) is 5. The van der Waals surface area contributed by atoms with Crippen LogP contribution in [0, 0.1) is 0 Å². The third-order valence-corrected chi connectivity index (χ3v) is 6.72. The van der Waals surface area contributed by atoms with Gasteiger partial charge in [0.05, 0.1) is 23.7 Å². The molecule has 0 aromatic heterocycles. The monoisotopic (exact) mass is 331 g/mol. The van der Waals surface area contributed by atoms with Gasteiger partial charge in [-0.15, -0.1) is 0 Å². The Balaban J connectivity index is 1.54. The molecule has 22 heavy (non-hydrogen) atoms. The van der Waals surface area contributed by atoms with Gasteiger partial charge in [-0.3, -0.25) is 4.90 Å². The maximum absolute atomic E-state index is 12.4. The zero-order valence-corrected chi connectivity index (χ0v) is 13.8. The Kier molecular flexibility index (Phi) is 4.61. The summed E-state index contributed by atoms with van der Waals surface area (Å²) >= 11 is 0. The van der Waals surface area contributed by atoms with Gasteiger partial charge >= 0.3 is 6.03 Å². The molecule has 8 heteroatoms. The number of amides is 2. The molecule has 0 spiro atoms. The second-order valence-electron chi connectivity index (χ2n) is 6.54. The number of methoxy groups -OCH3 is 1. The Labute approximate surface area is 131 Å². The highest BCUT2D eigenvalue weighted by molar-refractivity contribution is 7.91. The Morgan fingerprint density at radius 3 is 2.59 bits per heavy atom. The third kappa shape index (κ3) is 3.38. The first-order valence-electron chi connectivity index (χ1n) is 8.01. The zero-order chi connectivity index (χ0) is 15.7. The largest absolute Gasteiger partial charge is 0.378 e. The van der Waals surface area contributed by atoms with Crippen LogP contribution in [-0.2, 0) is 14.6 Å². The predicted octanol–water partition coefficient (Wildman–Crippen LogP) is -0.322. The van der Waals surface area contributed by atoms with E-state index in [1.54, 1.807) is 4.90 Å². The molecule has 0 radical (unpaired) electrons. The topological polar surface area (TPSA) is 78.9 Å². The lowest BCUT2D eigenvalue weighted by Gasteiger charge is -2.25. The van der Waals surface area contributed by atoms with Crippen molar-refractivity contribution in [1.29, 1.82) is 0 Å². The van der Waals surface area contributed by atoms with Crippen molar-refractivity contribution in [3.8, 4) is 0 Å². The van der Waals surface area contributed by atoms with Crippen LogP contribution in [0.25, 0.3) is 0 Å². The molecular formula is C14H25N3O4S. The van der Waals surface area contributed by atoms with E-state index in [1.165, 1.54) is 20.0 Å². The maximum atomic E-state index is 12.4. The highest BCUT2D eigenvalue weighted by atomic mass is 32.2. The molecular weight excluding hydrogens is 306 g/mol. The van der Waals surface area contributed by atoms with Crippen LogP contribution in [0.4, 0.5) is 4.79 Å². The van der Waals surface area contributed by atoms with E-state index in [1.807, 2.05) is 0 Å². The molecule has 3 heterocycles. The fraction of sp³-hybridized carbons (Fsp3) is 0.929. The lowest BCUT2D eigenvalue weighted by Crippen LogP contribution is -2.49. The van der Waals surface area contributed by atoms with E-state index < -0.39 is 22.0 Å². The first-order valence-corrected chi connectivity index (χ1v) is 9.83. The normalized spacial score (nSPS) is 35.1. The molecule has 1 N–H and O–H groups in total. The molecule has 7 nitrogen and oxygen atoms in total. The number of ether oxygens (including phenoxy) is 1. The summed E-state index contributed by atoms with van der Waals surface area (Å²) in [6, 6.07) is -0.141. The third-order valence-electron chi connectivity index (χ3n) is 5.02. The van der Waals surface area contributed by atoms with Gasteiger partial charge in [0, 0.05) is 26.2 Å². The van der Waals surface area contributed by atoms with Crippen LogP contribution in [0.2, 0.25) is 0 Å². The summed E-state index contributed by atoms with van der Waals surface area (Å²) in [5, 5.41) is 2.85. The quantitative estimate of drug-likeness (QED) is 0.767. The number of urea groups is 1. The van der Waals surface area contributed by atoms with Crippen molar-refractivity contribution >= 4 is 15.9 Å². The Bertz CT molecular complexity index is 518. The second-order valence-corrected chi connectivity index (χ2v) is 8.69. The van der Waals surface area contributed by atoms with Gasteiger partial charge in [-0.05, 0) is 32.4 Å². The molecule has 3 saturated heterocycles. The second kappa shape index (κ2) is 6.33. The Morgan fingerprint density at radius 2 is 1.91 bits per heavy atom. The van der Waals surface area contributed by atoms with Gasteiger partial charge in [0.2, 0.25) is 0 Å². The molecule has 0 aromatic rings. The summed E-state index contributed by atoms with van der Waals surface area (Å²) in [4.78, 5) is 16.6. The van der Waals surface area contributed by atoms with Gasteiger partial charge in [-0.1, -0.05) is 0 Å². The number of hydrogen-bond donors (Lipinski definition) is 1. The predicted molar refractivity (Wildman–Crippen MR) is 82.6 cm³/mol. The van der Waals surface area contributed by atoms with Crippen molar-refractivity contribution in [2.45, 2.75) is 37.5 Å². The van der Waals surface area contributed by atoms with Gasteiger partial charge < -0.3 is 15.0 Å². The standard InChI is InChI=1S/C14H25N3O4S/c1-21-13-10-22(19,20)9-12(13)15-14(18)17-7-4-11(8-17)16-5-2-3-6-16/h11-13H,2-10H2,1H3,(H,15,18). The zero-order valence-electron chi connectivity index (χ0n) is 13.0. The molecule has 3 aliphatic rings. The molecule has 0 aliphatic carbocycles. The SMILES string of the molecule is COC1CS(=O)(=O)CC1NC(=O)N1CCC(N2CCCC2)C1. The van der Waals surface area contributed by atoms with E-state index in [2.05, 4.69) is 10.2 Å². The van der Waals surface area contributed by atoms with Crippen molar-refractivity contribution in [3.05, 3.63) is 0 Å². The van der Waals surface area contributed by atoms with E-state index in [-0.39, 0.29) is 17.5 Å². The van der Waals surface area contributed by atoms with E-state index >= 15 is 0 Å². The van der Waals surface area contributed by atoms with Crippen molar-refractivity contribution < 1.29 is 17.9 Å². The van der Waals surface area contributed by atoms with Gasteiger partial charge in [0.15, 0.2) is 9.84 Å². The van der Waals surface area contributed by atoms with Crippen LogP contribution in [0.15, 0.2) is 0 Å². The number of rotatable bonds is 3. The van der Waals surface area contributed by atoms with Gasteiger partial charge in [-0.25, -0.2) is 13.2 Å². The molecule has 126 valence electrons. The molecule has 3 atom stereocenters. The smallest absolute Gasteiger partial charge is 0.317 e. The number of nitrogens with one attached hydrogen (secondary N) is 1. The van der Waals surface area contributed by atoms with E-state index in [0.29, 0.717) is 6.04 Å². The van der Waals surface area contributed by atoms with Crippen LogP contribution in [0.5, 0.6) is 0 Å². The van der Waals surface area contributed by atoms with Crippen molar-refractivity contribution in [2.75, 3.05) is 44.8 Å². The van der Waals surface area contributed by atoms with E-state index in [0.717, 1.165) is 32.6 Å². The molecule has 0 aromatic carbocycles. The summed E-state index contributed by atoms with van der Waals surface area (Å²) in [6.45, 7) is 3.74. The van der Waals surface area contributed by atoms with Gasteiger partial charge in [-0.2, -0.15) is 0 Å². The molecule has 3 fully saturated rings. The van der Waals surface area contributed by atoms with Crippen LogP contribution in [0.3, 0.4) is 0 Å². The minimum atomic E-state index is -3.12. The highest BCUT2D eigenvalue weighted by Crippen LogP contribution is 2.21. The number of sulfone groups is 1. The lowest BCUT2D eigenvalue weighted by molar-refractivity contribution is 0.0983. The molecule has 0 saturated carbocycles. The van der Waals surface area contributed by atoms with Crippen molar-refractivity contribution in [3.63, 3.8) is 0 Å². The summed E-state index contributed by atoms with van der Waals surface area (Å²) in [5.74, 6) is -0.0362. The molecule has 0 bridgehead atoms. The molecule has 3 aliphatic heterocycles. The van der Waals surface area contributed by atoms with E-state index in [9.17, 15) is 13.2 Å². The minimum Gasteiger partial charge on any atom is -0.378 e. The fourth-order valence-electron chi connectivity index (χ4n) is 3.76. The molecule has 3 rings (SSSR count). The average Bonchev–Trinajstić information content (AvgIpc) is 3.16. The first-order chi connectivity index (χ1) is 10.5. The van der Waals surface area contributed by atoms with Crippen LogP contribution in [-0.4, -0.2) is 87.2 Å². The number of carbonyl (C=O) groups is 1. The summed E-state index contributed by atoms with van der Waals surface area (Å²) < 4.78 is 28.6. The highest BCUT2D eigenvalue weighted by Gasteiger charge is 2.40. The maximum Gasteiger partial charge on any atom is 0.317 e. The van der Waals surface area contributed by atoms with E-state index in [4.69, 9.17) is 4.74 Å². The fourth-order valence-corrected chi connectivity index (χ4v) is 5.61. The summed E-state index contributed by atoms with van der Waals surface area (Å²) in [5.41, 5.74) is 0. The number of likely N-dealkylation sites (tertiary alicyclic amines) is 2. The Morgan fingerprint density at radius 1 is 1.18 bits per heavy atom. The van der Waals surface area contributed by atoms with Gasteiger partial charge in [0.25, 0.3) is 0 Å². The Hall–Kier alpha value is -0.860. The van der Waals surface area contributed by atoms with Crippen LogP contribution in [0.1, 0.15) is 19.3 Å². The molecule has 2 amide bonds. The minimum absolute atomic E-state index is 0.00908. The van der Waals surface area contributed by atoms with Crippen LogP contribution >= 0.6 is 0 Å². The summed E-state index contributed by atoms with van der Waals surface area (Å²) in [6.07, 6.45) is 3.06. The summed E-state index contributed by atoms with van der Waals surface area (Å²) in [7, 11) is -1.63. The average molecular weight is 331 g/mol. The lowest BCUT2D eigenvalue weighted by atomic mass is 10.2. The van der Waals surface area contributed by atoms with Crippen LogP contribution < -0.4 is 5.32 Å². The van der Waals surface area contributed by atoms with Crippen molar-refractivity contribution in [1.82, 2.24) is 15.1 Å². The van der Waals surface area contributed by atoms with Crippen molar-refractivity contribution in [2.24, 2.45) is 0 Å².